The molecule has 0 unspecified atom stereocenters. The Morgan fingerprint density at radius 2 is 1.90 bits per heavy atom. The third kappa shape index (κ3) is 4.32. The van der Waals surface area contributed by atoms with E-state index in [1.165, 1.54) is 0 Å². The Labute approximate surface area is 169 Å². The van der Waals surface area contributed by atoms with E-state index in [1.807, 2.05) is 60.7 Å². The summed E-state index contributed by atoms with van der Waals surface area (Å²) in [4.78, 5) is 22.0. The third-order valence-corrected chi connectivity index (χ3v) is 4.87. The number of furan rings is 1. The summed E-state index contributed by atoms with van der Waals surface area (Å²) >= 11 is 0. The Balaban J connectivity index is 1.33. The van der Waals surface area contributed by atoms with E-state index in [2.05, 4.69) is 9.97 Å². The molecule has 0 saturated carbocycles. The van der Waals surface area contributed by atoms with E-state index in [9.17, 15) is 4.79 Å². The fourth-order valence-corrected chi connectivity index (χ4v) is 3.24. The smallest absolute Gasteiger partial charge is 0.223 e. The van der Waals surface area contributed by atoms with Gasteiger partial charge in [0.2, 0.25) is 5.91 Å². The number of hydrogen-bond donors (Lipinski definition) is 1. The van der Waals surface area contributed by atoms with E-state index < -0.39 is 0 Å². The average molecular weight is 389 g/mol. The molecule has 0 aliphatic carbocycles. The van der Waals surface area contributed by atoms with Crippen molar-refractivity contribution in [3.05, 3.63) is 72.2 Å². The number of aromatic amines is 1. The highest BCUT2D eigenvalue weighted by Crippen LogP contribution is 2.25. The number of fused-ring (bicyclic) bond motifs is 1. The standard InChI is InChI=1S/C23H23N3O3/c1-26(15-22-24-19-5-3-4-6-20(19)25-22)23(27)14-12-18-11-13-21(29-18)16-7-9-17(28-2)10-8-16/h3-11,13H,12,14-15H2,1-2H3,(H,24,25). The number of methoxy groups -OCH3 is 1. The van der Waals surface area contributed by atoms with Gasteiger partial charge >= 0.3 is 0 Å². The highest BCUT2D eigenvalue weighted by atomic mass is 16.5. The zero-order chi connectivity index (χ0) is 20.2. The Bertz CT molecular complexity index is 1080. The summed E-state index contributed by atoms with van der Waals surface area (Å²) in [7, 11) is 3.43. The number of nitrogens with one attached hydrogen (secondary N) is 1. The summed E-state index contributed by atoms with van der Waals surface area (Å²) < 4.78 is 11.1. The summed E-state index contributed by atoms with van der Waals surface area (Å²) in [5.41, 5.74) is 2.86. The first-order valence-corrected chi connectivity index (χ1v) is 9.53. The number of carbonyl (C=O) groups is 1. The van der Waals surface area contributed by atoms with Gasteiger partial charge in [0.15, 0.2) is 0 Å². The van der Waals surface area contributed by atoms with Gasteiger partial charge < -0.3 is 19.0 Å². The average Bonchev–Trinajstić information content (AvgIpc) is 3.38. The van der Waals surface area contributed by atoms with Crippen molar-refractivity contribution in [3.63, 3.8) is 0 Å². The van der Waals surface area contributed by atoms with E-state index in [1.54, 1.807) is 19.1 Å². The SMILES string of the molecule is COc1ccc(-c2ccc(CCC(=O)N(C)Cc3nc4ccccc4[nH]3)o2)cc1. The maximum atomic E-state index is 12.5. The third-order valence-electron chi connectivity index (χ3n) is 4.87. The summed E-state index contributed by atoms with van der Waals surface area (Å²) in [6.45, 7) is 0.447. The molecule has 1 amide bonds. The molecule has 0 aliphatic heterocycles. The number of para-hydroxylation sites is 2. The van der Waals surface area contributed by atoms with Crippen molar-refractivity contribution in [2.45, 2.75) is 19.4 Å². The summed E-state index contributed by atoms with van der Waals surface area (Å²) in [5, 5.41) is 0. The van der Waals surface area contributed by atoms with Gasteiger partial charge in [-0.05, 0) is 48.5 Å². The molecule has 0 bridgehead atoms. The minimum Gasteiger partial charge on any atom is -0.497 e. The largest absolute Gasteiger partial charge is 0.497 e. The van der Waals surface area contributed by atoms with Crippen LogP contribution in [0.15, 0.2) is 65.1 Å². The van der Waals surface area contributed by atoms with Crippen molar-refractivity contribution in [1.82, 2.24) is 14.9 Å². The first-order valence-electron chi connectivity index (χ1n) is 9.53. The number of imidazole rings is 1. The minimum atomic E-state index is 0.0489. The van der Waals surface area contributed by atoms with Crippen LogP contribution < -0.4 is 4.74 Å². The second-order valence-corrected chi connectivity index (χ2v) is 6.94. The lowest BCUT2D eigenvalue weighted by atomic mass is 10.2. The highest BCUT2D eigenvalue weighted by molar-refractivity contribution is 5.77. The molecule has 2 aromatic carbocycles. The fraction of sp³-hybridized carbons (Fsp3) is 0.217. The molecule has 4 rings (SSSR count). The maximum Gasteiger partial charge on any atom is 0.223 e. The number of benzene rings is 2. The molecule has 29 heavy (non-hydrogen) atoms. The first kappa shape index (κ1) is 18.8. The van der Waals surface area contributed by atoms with Gasteiger partial charge in [-0.3, -0.25) is 4.79 Å². The van der Waals surface area contributed by atoms with Crippen molar-refractivity contribution >= 4 is 16.9 Å². The van der Waals surface area contributed by atoms with Crippen LogP contribution >= 0.6 is 0 Å². The molecule has 0 saturated heterocycles. The topological polar surface area (TPSA) is 71.4 Å². The predicted molar refractivity (Wildman–Crippen MR) is 112 cm³/mol. The predicted octanol–water partition coefficient (Wildman–Crippen LogP) is 4.42. The monoisotopic (exact) mass is 389 g/mol. The van der Waals surface area contributed by atoms with E-state index in [4.69, 9.17) is 9.15 Å². The van der Waals surface area contributed by atoms with Crippen LogP contribution in [0.25, 0.3) is 22.4 Å². The molecular formula is C23H23N3O3. The van der Waals surface area contributed by atoms with Crippen LogP contribution in [0.2, 0.25) is 0 Å². The quantitative estimate of drug-likeness (QED) is 0.508. The van der Waals surface area contributed by atoms with Crippen LogP contribution in [-0.4, -0.2) is 34.9 Å². The number of H-pyrrole nitrogens is 1. The van der Waals surface area contributed by atoms with Gasteiger partial charge in [0.1, 0.15) is 23.1 Å². The van der Waals surface area contributed by atoms with Gasteiger partial charge in [-0.15, -0.1) is 0 Å². The normalized spacial score (nSPS) is 11.0. The molecular weight excluding hydrogens is 366 g/mol. The molecule has 148 valence electrons. The zero-order valence-corrected chi connectivity index (χ0v) is 16.5. The van der Waals surface area contributed by atoms with Gasteiger partial charge in [0.05, 0.1) is 24.7 Å². The van der Waals surface area contributed by atoms with Crippen LogP contribution in [0.3, 0.4) is 0 Å². The van der Waals surface area contributed by atoms with E-state index in [0.717, 1.165) is 39.7 Å². The van der Waals surface area contributed by atoms with Crippen LogP contribution in [0, 0.1) is 0 Å². The number of aromatic nitrogens is 2. The van der Waals surface area contributed by atoms with E-state index in [-0.39, 0.29) is 5.91 Å². The van der Waals surface area contributed by atoms with Crippen LogP contribution in [0.1, 0.15) is 18.0 Å². The van der Waals surface area contributed by atoms with Gasteiger partial charge in [0.25, 0.3) is 0 Å². The lowest BCUT2D eigenvalue weighted by molar-refractivity contribution is -0.130. The molecule has 6 nitrogen and oxygen atoms in total. The minimum absolute atomic E-state index is 0.0489. The van der Waals surface area contributed by atoms with Crippen molar-refractivity contribution in [1.29, 1.82) is 0 Å². The van der Waals surface area contributed by atoms with Crippen molar-refractivity contribution < 1.29 is 13.9 Å². The number of rotatable bonds is 7. The number of hydrogen-bond acceptors (Lipinski definition) is 4. The van der Waals surface area contributed by atoms with Crippen LogP contribution in [-0.2, 0) is 17.8 Å². The summed E-state index contributed by atoms with van der Waals surface area (Å²) in [6, 6.07) is 19.4. The molecule has 6 heteroatoms. The van der Waals surface area contributed by atoms with Gasteiger partial charge in [-0.1, -0.05) is 12.1 Å². The maximum absolute atomic E-state index is 12.5. The van der Waals surface area contributed by atoms with Gasteiger partial charge in [-0.2, -0.15) is 0 Å². The van der Waals surface area contributed by atoms with E-state index in [0.29, 0.717) is 19.4 Å². The number of carbonyl (C=O) groups excluding carboxylic acids is 1. The second kappa shape index (κ2) is 8.22. The lowest BCUT2D eigenvalue weighted by Crippen LogP contribution is -2.26. The van der Waals surface area contributed by atoms with Crippen LogP contribution in [0.5, 0.6) is 5.75 Å². The molecule has 0 atom stereocenters. The summed E-state index contributed by atoms with van der Waals surface area (Å²) in [6.07, 6.45) is 0.936. The Kier molecular flexibility index (Phi) is 5.33. The molecule has 2 aromatic heterocycles. The molecule has 0 aliphatic rings. The van der Waals surface area contributed by atoms with Crippen molar-refractivity contribution in [2.24, 2.45) is 0 Å². The molecule has 0 radical (unpaired) electrons. The van der Waals surface area contributed by atoms with Gasteiger partial charge in [-0.25, -0.2) is 4.98 Å². The second-order valence-electron chi connectivity index (χ2n) is 6.94. The molecule has 0 spiro atoms. The van der Waals surface area contributed by atoms with E-state index >= 15 is 0 Å². The van der Waals surface area contributed by atoms with Crippen molar-refractivity contribution in [3.8, 4) is 17.1 Å². The molecule has 0 fully saturated rings. The Morgan fingerprint density at radius 1 is 1.10 bits per heavy atom. The summed E-state index contributed by atoms with van der Waals surface area (Å²) in [5.74, 6) is 3.21. The van der Waals surface area contributed by atoms with Crippen LogP contribution in [0.4, 0.5) is 0 Å². The van der Waals surface area contributed by atoms with Gasteiger partial charge in [0, 0.05) is 25.5 Å². The fourth-order valence-electron chi connectivity index (χ4n) is 3.24. The lowest BCUT2D eigenvalue weighted by Gasteiger charge is -2.15. The first-order chi connectivity index (χ1) is 14.1. The molecule has 4 aromatic rings. The van der Waals surface area contributed by atoms with Crippen molar-refractivity contribution in [2.75, 3.05) is 14.2 Å². The number of amides is 1. The Hall–Kier alpha value is -3.54. The Morgan fingerprint density at radius 3 is 2.66 bits per heavy atom. The number of nitrogens with zero attached hydrogens (tertiary/aromatic N) is 2. The number of ether oxygens (including phenoxy) is 1. The highest BCUT2D eigenvalue weighted by Gasteiger charge is 2.13. The number of aryl methyl sites for hydroxylation is 1. The zero-order valence-electron chi connectivity index (χ0n) is 16.5. The molecule has 2 heterocycles. The molecule has 1 N–H and O–H groups in total.